The number of hydrogen-bond acceptors (Lipinski definition) is 6. The van der Waals surface area contributed by atoms with E-state index in [1.54, 1.807) is 24.3 Å². The predicted octanol–water partition coefficient (Wildman–Crippen LogP) is 2.09. The van der Waals surface area contributed by atoms with Crippen LogP contribution in [0.2, 0.25) is 0 Å². The Balaban J connectivity index is 1.68. The maximum atomic E-state index is 12.6. The molecule has 0 saturated heterocycles. The van der Waals surface area contributed by atoms with E-state index in [0.29, 0.717) is 24.2 Å². The van der Waals surface area contributed by atoms with Crippen molar-refractivity contribution in [3.63, 3.8) is 0 Å². The van der Waals surface area contributed by atoms with E-state index < -0.39 is 12.1 Å². The van der Waals surface area contributed by atoms with Gasteiger partial charge in [-0.15, -0.1) is 0 Å². The van der Waals surface area contributed by atoms with E-state index in [4.69, 9.17) is 0 Å². The smallest absolute Gasteiger partial charge is 0.252 e. The topological polar surface area (TPSA) is 142 Å². The lowest BCUT2D eigenvalue weighted by Crippen LogP contribution is -2.50. The highest BCUT2D eigenvalue weighted by Crippen LogP contribution is 2.07. The summed E-state index contributed by atoms with van der Waals surface area (Å²) >= 11 is 0. The second-order valence-corrected chi connectivity index (χ2v) is 9.50. The fourth-order valence-corrected chi connectivity index (χ4v) is 3.60. The Morgan fingerprint density at radius 3 is 1.30 bits per heavy atom. The van der Waals surface area contributed by atoms with Crippen LogP contribution in [-0.4, -0.2) is 58.8 Å². The summed E-state index contributed by atoms with van der Waals surface area (Å²) in [7, 11) is 0. The van der Waals surface area contributed by atoms with E-state index in [1.807, 2.05) is 27.7 Å². The molecule has 4 N–H and O–H groups in total. The fourth-order valence-electron chi connectivity index (χ4n) is 3.60. The Hall–Kier alpha value is -3.82. The number of unbranched alkanes of at least 4 members (excludes halogenated alkanes) is 2. The van der Waals surface area contributed by atoms with Gasteiger partial charge in [-0.05, 0) is 55.4 Å². The van der Waals surface area contributed by atoms with Gasteiger partial charge in [-0.3, -0.25) is 29.1 Å². The van der Waals surface area contributed by atoms with Gasteiger partial charge >= 0.3 is 0 Å². The van der Waals surface area contributed by atoms with Gasteiger partial charge in [-0.2, -0.15) is 0 Å². The maximum absolute atomic E-state index is 12.6. The minimum atomic E-state index is -0.643. The zero-order chi connectivity index (χ0) is 27.2. The van der Waals surface area contributed by atoms with Crippen LogP contribution in [0.5, 0.6) is 0 Å². The van der Waals surface area contributed by atoms with Gasteiger partial charge in [0.15, 0.2) is 0 Å². The second kappa shape index (κ2) is 15.3. The first-order chi connectivity index (χ1) is 17.7. The number of rotatable bonds is 14. The number of aromatic nitrogens is 2. The Labute approximate surface area is 218 Å². The van der Waals surface area contributed by atoms with Crippen LogP contribution in [0.15, 0.2) is 49.1 Å². The minimum Gasteiger partial charge on any atom is -0.354 e. The number of amides is 4. The monoisotopic (exact) mass is 510 g/mol. The normalized spacial score (nSPS) is 12.5. The Morgan fingerprint density at radius 1 is 0.622 bits per heavy atom. The minimum absolute atomic E-state index is 0.0750. The molecule has 37 heavy (non-hydrogen) atoms. The van der Waals surface area contributed by atoms with Gasteiger partial charge in [0.2, 0.25) is 11.8 Å². The molecule has 0 bridgehead atoms. The lowest BCUT2D eigenvalue weighted by Gasteiger charge is -2.22. The molecule has 0 fully saturated rings. The molecule has 2 aromatic heterocycles. The number of carbonyl (C=O) groups is 4. The van der Waals surface area contributed by atoms with E-state index >= 15 is 0 Å². The molecule has 0 aliphatic carbocycles. The van der Waals surface area contributed by atoms with Crippen LogP contribution in [0, 0.1) is 11.8 Å². The highest BCUT2D eigenvalue weighted by atomic mass is 16.2. The Bertz CT molecular complexity index is 933. The van der Waals surface area contributed by atoms with Crippen molar-refractivity contribution >= 4 is 23.6 Å². The van der Waals surface area contributed by atoms with Crippen molar-refractivity contribution < 1.29 is 19.2 Å². The third-order valence-electron chi connectivity index (χ3n) is 5.81. The molecule has 2 rings (SSSR count). The maximum Gasteiger partial charge on any atom is 0.252 e. The quantitative estimate of drug-likeness (QED) is 0.287. The lowest BCUT2D eigenvalue weighted by molar-refractivity contribution is -0.124. The SMILES string of the molecule is CC(C)[C@H](NC(=O)c1ccncc1)C(=O)NCCCCCNC(=O)[C@@H](NC(=O)c1ccncc1)C(C)C. The third-order valence-corrected chi connectivity index (χ3v) is 5.81. The van der Waals surface area contributed by atoms with Crippen molar-refractivity contribution in [3.8, 4) is 0 Å². The highest BCUT2D eigenvalue weighted by molar-refractivity contribution is 5.98. The molecule has 4 amide bonds. The molecule has 0 unspecified atom stereocenters. The fraction of sp³-hybridized carbons (Fsp3) is 0.481. The molecule has 0 aliphatic rings. The summed E-state index contributed by atoms with van der Waals surface area (Å²) in [5, 5.41) is 11.4. The average Bonchev–Trinajstić information content (AvgIpc) is 2.89. The van der Waals surface area contributed by atoms with Gasteiger partial charge in [0.05, 0.1) is 0 Å². The molecule has 2 heterocycles. The Morgan fingerprint density at radius 2 is 0.973 bits per heavy atom. The molecule has 0 spiro atoms. The first-order valence-corrected chi connectivity index (χ1v) is 12.7. The summed E-state index contributed by atoms with van der Waals surface area (Å²) in [6.45, 7) is 8.45. The zero-order valence-corrected chi connectivity index (χ0v) is 22.0. The van der Waals surface area contributed by atoms with E-state index in [0.717, 1.165) is 19.3 Å². The summed E-state index contributed by atoms with van der Waals surface area (Å²) in [5.41, 5.74) is 0.902. The zero-order valence-electron chi connectivity index (χ0n) is 22.0. The summed E-state index contributed by atoms with van der Waals surface area (Å²) < 4.78 is 0. The van der Waals surface area contributed by atoms with E-state index in [-0.39, 0.29) is 35.5 Å². The van der Waals surface area contributed by atoms with Crippen molar-refractivity contribution in [1.29, 1.82) is 0 Å². The number of carbonyl (C=O) groups excluding carboxylic acids is 4. The molecule has 10 nitrogen and oxygen atoms in total. The van der Waals surface area contributed by atoms with Crippen molar-refractivity contribution in [2.75, 3.05) is 13.1 Å². The van der Waals surface area contributed by atoms with Gasteiger partial charge in [0, 0.05) is 49.0 Å². The van der Waals surface area contributed by atoms with Crippen molar-refractivity contribution in [1.82, 2.24) is 31.2 Å². The van der Waals surface area contributed by atoms with Gasteiger partial charge in [0.1, 0.15) is 12.1 Å². The molecular weight excluding hydrogens is 472 g/mol. The highest BCUT2D eigenvalue weighted by Gasteiger charge is 2.25. The molecule has 0 aliphatic heterocycles. The van der Waals surface area contributed by atoms with E-state index in [2.05, 4.69) is 31.2 Å². The van der Waals surface area contributed by atoms with Crippen LogP contribution in [0.1, 0.15) is 67.7 Å². The van der Waals surface area contributed by atoms with E-state index in [1.165, 1.54) is 24.8 Å². The molecule has 2 atom stereocenters. The molecule has 2 aromatic rings. The van der Waals surface area contributed by atoms with Crippen molar-refractivity contribution in [2.45, 2.75) is 59.0 Å². The van der Waals surface area contributed by atoms with Crippen LogP contribution in [0.4, 0.5) is 0 Å². The van der Waals surface area contributed by atoms with Crippen LogP contribution >= 0.6 is 0 Å². The summed E-state index contributed by atoms with van der Waals surface area (Å²) in [6, 6.07) is 5.11. The third kappa shape index (κ3) is 9.98. The van der Waals surface area contributed by atoms with Crippen LogP contribution in [0.3, 0.4) is 0 Å². The molecule has 0 radical (unpaired) electrons. The van der Waals surface area contributed by atoms with Gasteiger partial charge in [-0.25, -0.2) is 0 Å². The van der Waals surface area contributed by atoms with Crippen LogP contribution in [0.25, 0.3) is 0 Å². The first-order valence-electron chi connectivity index (χ1n) is 12.7. The van der Waals surface area contributed by atoms with Gasteiger partial charge < -0.3 is 21.3 Å². The molecule has 10 heteroatoms. The summed E-state index contributed by atoms with van der Waals surface area (Å²) in [4.78, 5) is 57.9. The van der Waals surface area contributed by atoms with E-state index in [9.17, 15) is 19.2 Å². The van der Waals surface area contributed by atoms with Gasteiger partial charge in [0.25, 0.3) is 11.8 Å². The average molecular weight is 511 g/mol. The first kappa shape index (κ1) is 29.4. The number of pyridine rings is 2. The number of hydrogen-bond donors (Lipinski definition) is 4. The Kier molecular flexibility index (Phi) is 12.2. The van der Waals surface area contributed by atoms with Crippen LogP contribution in [-0.2, 0) is 9.59 Å². The molecule has 0 saturated carbocycles. The molecule has 0 aromatic carbocycles. The summed E-state index contributed by atoms with van der Waals surface area (Å²) in [6.07, 6.45) is 8.39. The van der Waals surface area contributed by atoms with Gasteiger partial charge in [-0.1, -0.05) is 27.7 Å². The molecular formula is C27H38N6O4. The summed E-state index contributed by atoms with van der Waals surface area (Å²) in [5.74, 6) is -1.24. The van der Waals surface area contributed by atoms with Crippen LogP contribution < -0.4 is 21.3 Å². The van der Waals surface area contributed by atoms with Crippen molar-refractivity contribution in [2.24, 2.45) is 11.8 Å². The second-order valence-electron chi connectivity index (χ2n) is 9.50. The number of nitrogens with one attached hydrogen (secondary N) is 4. The number of nitrogens with zero attached hydrogens (tertiary/aromatic N) is 2. The van der Waals surface area contributed by atoms with Crippen molar-refractivity contribution in [3.05, 3.63) is 60.2 Å². The lowest BCUT2D eigenvalue weighted by atomic mass is 10.0. The molecule has 200 valence electrons. The standard InChI is InChI=1S/C27H38N6O4/c1-18(2)22(32-24(34)20-8-14-28-15-9-20)26(36)30-12-6-5-7-13-31-27(37)23(19(3)4)33-25(35)21-10-16-29-17-11-21/h8-11,14-19,22-23H,5-7,12-13H2,1-4H3,(H,30,36)(H,31,37)(H,32,34)(H,33,35)/t22-,23-/m0/s1. The largest absolute Gasteiger partial charge is 0.354 e. The predicted molar refractivity (Wildman–Crippen MR) is 141 cm³/mol.